The van der Waals surface area contributed by atoms with Crippen molar-refractivity contribution in [2.24, 2.45) is 0 Å². The van der Waals surface area contributed by atoms with Crippen LogP contribution in [0.4, 0.5) is 0 Å². The number of nitrogens with zero attached hydrogens (tertiary/aromatic N) is 1. The third-order valence-electron chi connectivity index (χ3n) is 2.33. The predicted octanol–water partition coefficient (Wildman–Crippen LogP) is -0.253. The summed E-state index contributed by atoms with van der Waals surface area (Å²) in [4.78, 5) is 24.2. The Hall–Kier alpha value is -1.50. The molecule has 1 fully saturated rings. The second kappa shape index (κ2) is 3.70. The molecule has 2 amide bonds. The van der Waals surface area contributed by atoms with Crippen LogP contribution in [0.5, 0.6) is 0 Å². The van der Waals surface area contributed by atoms with Gasteiger partial charge in [0.15, 0.2) is 0 Å². The smallest absolute Gasteiger partial charge is 0.243 e. The SMILES string of the molecule is C#CC(C)(C)N1CCC(=O)NCC1=O. The number of amides is 2. The zero-order valence-corrected chi connectivity index (χ0v) is 8.46. The van der Waals surface area contributed by atoms with Crippen LogP contribution in [0.2, 0.25) is 0 Å². The lowest BCUT2D eigenvalue weighted by molar-refractivity contribution is -0.133. The van der Waals surface area contributed by atoms with Crippen LogP contribution in [-0.4, -0.2) is 35.3 Å². The Balaban J connectivity index is 2.83. The van der Waals surface area contributed by atoms with E-state index in [1.165, 1.54) is 0 Å². The van der Waals surface area contributed by atoms with Crippen molar-refractivity contribution in [1.29, 1.82) is 0 Å². The zero-order chi connectivity index (χ0) is 10.8. The molecule has 0 saturated carbocycles. The van der Waals surface area contributed by atoms with Gasteiger partial charge in [0.05, 0.1) is 12.1 Å². The lowest BCUT2D eigenvalue weighted by Gasteiger charge is -2.33. The average Bonchev–Trinajstić information content (AvgIpc) is 2.29. The first-order chi connectivity index (χ1) is 6.47. The summed E-state index contributed by atoms with van der Waals surface area (Å²) >= 11 is 0. The molecular formula is C10H14N2O2. The largest absolute Gasteiger partial charge is 0.347 e. The quantitative estimate of drug-likeness (QED) is 0.585. The molecule has 4 heteroatoms. The van der Waals surface area contributed by atoms with Crippen molar-refractivity contribution in [2.75, 3.05) is 13.1 Å². The van der Waals surface area contributed by atoms with Gasteiger partial charge in [0.1, 0.15) is 0 Å². The van der Waals surface area contributed by atoms with Gasteiger partial charge in [0, 0.05) is 13.0 Å². The summed E-state index contributed by atoms with van der Waals surface area (Å²) in [6, 6.07) is 0. The minimum Gasteiger partial charge on any atom is -0.347 e. The van der Waals surface area contributed by atoms with Crippen LogP contribution in [0.3, 0.4) is 0 Å². The molecule has 1 aliphatic heterocycles. The van der Waals surface area contributed by atoms with Crippen molar-refractivity contribution in [1.82, 2.24) is 10.2 Å². The van der Waals surface area contributed by atoms with Crippen LogP contribution in [0, 0.1) is 12.3 Å². The van der Waals surface area contributed by atoms with Crippen molar-refractivity contribution in [2.45, 2.75) is 25.8 Å². The molecule has 0 aromatic heterocycles. The molecule has 0 radical (unpaired) electrons. The molecule has 0 aromatic rings. The van der Waals surface area contributed by atoms with Crippen molar-refractivity contribution < 1.29 is 9.59 Å². The Bertz CT molecular complexity index is 302. The Kier molecular flexibility index (Phi) is 2.80. The Labute approximate surface area is 83.6 Å². The third kappa shape index (κ3) is 2.05. The molecule has 4 nitrogen and oxygen atoms in total. The number of rotatable bonds is 1. The number of hydrogen-bond acceptors (Lipinski definition) is 2. The number of terminal acetylenes is 1. The number of nitrogens with one attached hydrogen (secondary N) is 1. The summed E-state index contributed by atoms with van der Waals surface area (Å²) < 4.78 is 0. The lowest BCUT2D eigenvalue weighted by atomic mass is 10.0. The summed E-state index contributed by atoms with van der Waals surface area (Å²) in [5, 5.41) is 2.52. The van der Waals surface area contributed by atoms with Gasteiger partial charge in [0.2, 0.25) is 11.8 Å². The molecule has 0 aromatic carbocycles. The van der Waals surface area contributed by atoms with Crippen LogP contribution in [0.1, 0.15) is 20.3 Å². The number of carbonyl (C=O) groups excluding carboxylic acids is 2. The standard InChI is InChI=1S/C10H14N2O2/c1-4-10(2,3)12-6-5-8(13)11-7-9(12)14/h1H,5-7H2,2-3H3,(H,11,13). The van der Waals surface area contributed by atoms with Gasteiger partial charge >= 0.3 is 0 Å². The van der Waals surface area contributed by atoms with Crippen LogP contribution < -0.4 is 5.32 Å². The molecule has 1 heterocycles. The fraction of sp³-hybridized carbons (Fsp3) is 0.600. The fourth-order valence-electron chi connectivity index (χ4n) is 1.37. The van der Waals surface area contributed by atoms with Gasteiger partial charge in [-0.1, -0.05) is 5.92 Å². The van der Waals surface area contributed by atoms with Gasteiger partial charge in [-0.15, -0.1) is 6.42 Å². The highest BCUT2D eigenvalue weighted by Gasteiger charge is 2.31. The third-order valence-corrected chi connectivity index (χ3v) is 2.33. The van der Waals surface area contributed by atoms with Gasteiger partial charge in [0.25, 0.3) is 0 Å². The van der Waals surface area contributed by atoms with Gasteiger partial charge in [-0.3, -0.25) is 9.59 Å². The van der Waals surface area contributed by atoms with E-state index in [4.69, 9.17) is 6.42 Å². The van der Waals surface area contributed by atoms with Gasteiger partial charge < -0.3 is 10.2 Å². The first-order valence-electron chi connectivity index (χ1n) is 4.52. The maximum Gasteiger partial charge on any atom is 0.243 e. The first kappa shape index (κ1) is 10.6. The molecule has 76 valence electrons. The van der Waals surface area contributed by atoms with Gasteiger partial charge in [-0.2, -0.15) is 0 Å². The monoisotopic (exact) mass is 194 g/mol. The van der Waals surface area contributed by atoms with Crippen molar-refractivity contribution >= 4 is 11.8 Å². The summed E-state index contributed by atoms with van der Waals surface area (Å²) in [6.07, 6.45) is 5.65. The van der Waals surface area contributed by atoms with E-state index >= 15 is 0 Å². The topological polar surface area (TPSA) is 49.4 Å². The molecule has 1 saturated heterocycles. The van der Waals surface area contributed by atoms with E-state index in [2.05, 4.69) is 11.2 Å². The molecular weight excluding hydrogens is 180 g/mol. The number of carbonyl (C=O) groups is 2. The Morgan fingerprint density at radius 3 is 2.71 bits per heavy atom. The molecule has 0 bridgehead atoms. The molecule has 14 heavy (non-hydrogen) atoms. The van der Waals surface area contributed by atoms with E-state index in [9.17, 15) is 9.59 Å². The predicted molar refractivity (Wildman–Crippen MR) is 52.3 cm³/mol. The molecule has 1 aliphatic rings. The zero-order valence-electron chi connectivity index (χ0n) is 8.46. The average molecular weight is 194 g/mol. The highest BCUT2D eigenvalue weighted by molar-refractivity contribution is 5.87. The maximum atomic E-state index is 11.6. The van der Waals surface area contributed by atoms with Crippen molar-refractivity contribution in [3.05, 3.63) is 0 Å². The maximum absolute atomic E-state index is 11.6. The molecule has 0 atom stereocenters. The molecule has 0 unspecified atom stereocenters. The highest BCUT2D eigenvalue weighted by Crippen LogP contribution is 2.15. The second-order valence-corrected chi connectivity index (χ2v) is 3.78. The van der Waals surface area contributed by atoms with E-state index in [0.29, 0.717) is 13.0 Å². The second-order valence-electron chi connectivity index (χ2n) is 3.78. The van der Waals surface area contributed by atoms with Gasteiger partial charge in [-0.25, -0.2) is 0 Å². The normalized spacial score (nSPS) is 18.5. The minimum atomic E-state index is -0.622. The van der Waals surface area contributed by atoms with Crippen LogP contribution in [0.25, 0.3) is 0 Å². The van der Waals surface area contributed by atoms with E-state index in [-0.39, 0.29) is 18.4 Å². The molecule has 1 N–H and O–H groups in total. The van der Waals surface area contributed by atoms with E-state index in [1.54, 1.807) is 18.7 Å². The molecule has 1 rings (SSSR count). The summed E-state index contributed by atoms with van der Waals surface area (Å²) in [5.74, 6) is 2.32. The lowest BCUT2D eigenvalue weighted by Crippen LogP contribution is -2.48. The minimum absolute atomic E-state index is 0.0456. The molecule has 0 aliphatic carbocycles. The summed E-state index contributed by atoms with van der Waals surface area (Å²) in [6.45, 7) is 4.02. The summed E-state index contributed by atoms with van der Waals surface area (Å²) in [7, 11) is 0. The van der Waals surface area contributed by atoms with E-state index in [1.807, 2.05) is 0 Å². The summed E-state index contributed by atoms with van der Waals surface area (Å²) in [5.41, 5.74) is -0.622. The van der Waals surface area contributed by atoms with E-state index < -0.39 is 5.54 Å². The first-order valence-corrected chi connectivity index (χ1v) is 4.52. The highest BCUT2D eigenvalue weighted by atomic mass is 16.2. The fourth-order valence-corrected chi connectivity index (χ4v) is 1.37. The number of hydrogen-bond donors (Lipinski definition) is 1. The van der Waals surface area contributed by atoms with Crippen LogP contribution in [-0.2, 0) is 9.59 Å². The van der Waals surface area contributed by atoms with Crippen LogP contribution >= 0.6 is 0 Å². The Morgan fingerprint density at radius 2 is 2.14 bits per heavy atom. The molecule has 0 spiro atoms. The van der Waals surface area contributed by atoms with E-state index in [0.717, 1.165) is 0 Å². The van der Waals surface area contributed by atoms with Crippen LogP contribution in [0.15, 0.2) is 0 Å². The van der Waals surface area contributed by atoms with Crippen molar-refractivity contribution in [3.63, 3.8) is 0 Å². The van der Waals surface area contributed by atoms with Crippen molar-refractivity contribution in [3.8, 4) is 12.3 Å². The Morgan fingerprint density at radius 1 is 1.50 bits per heavy atom. The van der Waals surface area contributed by atoms with Gasteiger partial charge in [-0.05, 0) is 13.8 Å².